The van der Waals surface area contributed by atoms with Gasteiger partial charge in [0.25, 0.3) is 5.91 Å². The molecule has 0 atom stereocenters. The number of esters is 1. The van der Waals surface area contributed by atoms with Gasteiger partial charge in [0.15, 0.2) is 12.4 Å². The molecule has 0 aliphatic heterocycles. The number of nitro groups is 1. The Hall–Kier alpha value is -5.43. The Kier molecular flexibility index (Phi) is 7.26. The van der Waals surface area contributed by atoms with E-state index in [2.05, 4.69) is 11.4 Å². The van der Waals surface area contributed by atoms with Gasteiger partial charge in [-0.15, -0.1) is 0 Å². The number of amides is 1. The Morgan fingerprint density at radius 3 is 2.27 bits per heavy atom. The summed E-state index contributed by atoms with van der Waals surface area (Å²) in [6.45, 7) is -0.717. The van der Waals surface area contributed by atoms with Crippen molar-refractivity contribution < 1.29 is 28.4 Å². The van der Waals surface area contributed by atoms with Gasteiger partial charge in [-0.25, -0.2) is 4.79 Å². The predicted octanol–water partition coefficient (Wildman–Crippen LogP) is 5.20. The topological polar surface area (TPSA) is 145 Å². The maximum atomic E-state index is 12.6. The van der Waals surface area contributed by atoms with Crippen molar-refractivity contribution in [2.24, 2.45) is 0 Å². The van der Waals surface area contributed by atoms with Crippen LogP contribution in [0.15, 0.2) is 83.3 Å². The molecule has 0 bridgehead atoms. The van der Waals surface area contributed by atoms with E-state index in [1.807, 2.05) is 60.7 Å². The summed E-state index contributed by atoms with van der Waals surface area (Å²) >= 11 is 0. The fourth-order valence-corrected chi connectivity index (χ4v) is 3.64. The lowest BCUT2D eigenvalue weighted by molar-refractivity contribution is -0.385. The van der Waals surface area contributed by atoms with E-state index in [1.165, 1.54) is 19.2 Å². The summed E-state index contributed by atoms with van der Waals surface area (Å²) in [5.41, 5.74) is 1.48. The number of anilines is 1. The summed E-state index contributed by atoms with van der Waals surface area (Å²) < 4.78 is 15.8. The number of benzene rings is 3. The van der Waals surface area contributed by atoms with Crippen molar-refractivity contribution in [2.75, 3.05) is 19.0 Å². The first kappa shape index (κ1) is 24.7. The molecule has 0 radical (unpaired) electrons. The van der Waals surface area contributed by atoms with Gasteiger partial charge >= 0.3 is 11.7 Å². The van der Waals surface area contributed by atoms with Gasteiger partial charge in [0.05, 0.1) is 17.6 Å². The van der Waals surface area contributed by atoms with E-state index < -0.39 is 29.1 Å². The Morgan fingerprint density at radius 2 is 1.68 bits per heavy atom. The highest BCUT2D eigenvalue weighted by Crippen LogP contribution is 2.41. The number of carbonyl (C=O) groups is 2. The number of carbonyl (C=O) groups excluding carboxylic acids is 2. The van der Waals surface area contributed by atoms with E-state index in [-0.39, 0.29) is 22.8 Å². The highest BCUT2D eigenvalue weighted by Gasteiger charge is 2.25. The number of furan rings is 1. The lowest BCUT2D eigenvalue weighted by Crippen LogP contribution is -2.21. The van der Waals surface area contributed by atoms with Crippen LogP contribution in [-0.4, -0.2) is 30.5 Å². The van der Waals surface area contributed by atoms with Crippen LogP contribution in [0.4, 0.5) is 11.6 Å². The van der Waals surface area contributed by atoms with Gasteiger partial charge in [-0.05, 0) is 17.7 Å². The maximum Gasteiger partial charge on any atom is 0.338 e. The fraction of sp³-hybridized carbons (Fsp3) is 0.0741. The number of hydrogen-bond acceptors (Lipinski definition) is 8. The summed E-state index contributed by atoms with van der Waals surface area (Å²) in [5.74, 6) is -1.44. The van der Waals surface area contributed by atoms with Crippen LogP contribution in [-0.2, 0) is 9.53 Å². The summed E-state index contributed by atoms with van der Waals surface area (Å²) in [5, 5.41) is 23.6. The van der Waals surface area contributed by atoms with Crippen molar-refractivity contribution in [1.29, 1.82) is 5.26 Å². The number of nitrogens with one attached hydrogen (secondary N) is 1. The third kappa shape index (κ3) is 5.31. The molecule has 10 heteroatoms. The lowest BCUT2D eigenvalue weighted by Gasteiger charge is -2.07. The second-order valence-corrected chi connectivity index (χ2v) is 7.62. The molecule has 1 N–H and O–H groups in total. The number of ether oxygens (including phenoxy) is 2. The first-order chi connectivity index (χ1) is 17.9. The summed E-state index contributed by atoms with van der Waals surface area (Å²) in [6.07, 6.45) is 0. The number of hydrogen-bond donors (Lipinski definition) is 1. The van der Waals surface area contributed by atoms with E-state index in [1.54, 1.807) is 0 Å². The highest BCUT2D eigenvalue weighted by atomic mass is 16.6. The molecular weight excluding hydrogens is 478 g/mol. The van der Waals surface area contributed by atoms with Crippen LogP contribution in [0.5, 0.6) is 5.75 Å². The highest BCUT2D eigenvalue weighted by molar-refractivity contribution is 5.98. The van der Waals surface area contributed by atoms with Gasteiger partial charge < -0.3 is 13.9 Å². The molecule has 4 aromatic rings. The van der Waals surface area contributed by atoms with E-state index in [4.69, 9.17) is 13.9 Å². The van der Waals surface area contributed by atoms with Gasteiger partial charge in [-0.2, -0.15) is 5.26 Å². The van der Waals surface area contributed by atoms with Crippen molar-refractivity contribution in [3.63, 3.8) is 0 Å². The van der Waals surface area contributed by atoms with Gasteiger partial charge in [0, 0.05) is 17.2 Å². The van der Waals surface area contributed by atoms with Crippen molar-refractivity contribution in [2.45, 2.75) is 0 Å². The molecule has 0 unspecified atom stereocenters. The smallest absolute Gasteiger partial charge is 0.338 e. The molecule has 0 aliphatic rings. The zero-order valence-electron chi connectivity index (χ0n) is 19.5. The average Bonchev–Trinajstić information content (AvgIpc) is 3.30. The van der Waals surface area contributed by atoms with Crippen LogP contribution < -0.4 is 10.1 Å². The molecule has 0 aliphatic carbocycles. The van der Waals surface area contributed by atoms with E-state index in [9.17, 15) is 25.0 Å². The van der Waals surface area contributed by atoms with Crippen LogP contribution in [0.1, 0.15) is 15.9 Å². The zero-order valence-corrected chi connectivity index (χ0v) is 19.5. The largest absolute Gasteiger partial charge is 0.490 e. The third-order valence-corrected chi connectivity index (χ3v) is 5.32. The van der Waals surface area contributed by atoms with Crippen LogP contribution in [0.3, 0.4) is 0 Å². The summed E-state index contributed by atoms with van der Waals surface area (Å²) in [4.78, 5) is 35.5. The van der Waals surface area contributed by atoms with Crippen molar-refractivity contribution in [3.8, 4) is 34.3 Å². The Bertz CT molecular complexity index is 1510. The van der Waals surface area contributed by atoms with Crippen LogP contribution >= 0.6 is 0 Å². The lowest BCUT2D eigenvalue weighted by atomic mass is 9.98. The Morgan fingerprint density at radius 1 is 1.03 bits per heavy atom. The van der Waals surface area contributed by atoms with Crippen molar-refractivity contribution in [1.82, 2.24) is 0 Å². The van der Waals surface area contributed by atoms with Crippen LogP contribution in [0.25, 0.3) is 22.5 Å². The first-order valence-electron chi connectivity index (χ1n) is 10.9. The molecule has 1 aromatic heterocycles. The number of methoxy groups -OCH3 is 1. The molecule has 184 valence electrons. The van der Waals surface area contributed by atoms with E-state index in [0.29, 0.717) is 16.9 Å². The molecule has 10 nitrogen and oxygen atoms in total. The molecule has 37 heavy (non-hydrogen) atoms. The second-order valence-electron chi connectivity index (χ2n) is 7.62. The van der Waals surface area contributed by atoms with E-state index >= 15 is 0 Å². The number of nitro benzene ring substituents is 1. The quantitative estimate of drug-likeness (QED) is 0.199. The van der Waals surface area contributed by atoms with Gasteiger partial charge in [0.2, 0.25) is 5.88 Å². The minimum Gasteiger partial charge on any atom is -0.490 e. The normalized spacial score (nSPS) is 10.3. The number of nitriles is 1. The molecule has 0 spiro atoms. The number of rotatable bonds is 8. The fourth-order valence-electron chi connectivity index (χ4n) is 3.64. The van der Waals surface area contributed by atoms with E-state index in [0.717, 1.165) is 11.6 Å². The SMILES string of the molecule is COc1ccc(C(=O)OCC(=O)Nc2oc(-c3ccccc3)c(-c3ccccc3)c2C#N)cc1[N+](=O)[O-]. The van der Waals surface area contributed by atoms with Crippen LogP contribution in [0, 0.1) is 21.4 Å². The molecule has 1 amide bonds. The molecular formula is C27H19N3O7. The minimum atomic E-state index is -0.948. The summed E-state index contributed by atoms with van der Waals surface area (Å²) in [6, 6.07) is 23.8. The molecule has 0 saturated carbocycles. The maximum absolute atomic E-state index is 12.6. The third-order valence-electron chi connectivity index (χ3n) is 5.32. The molecule has 0 fully saturated rings. The summed E-state index contributed by atoms with van der Waals surface area (Å²) in [7, 11) is 1.27. The molecule has 3 aromatic carbocycles. The molecule has 0 saturated heterocycles. The minimum absolute atomic E-state index is 0.0235. The van der Waals surface area contributed by atoms with Gasteiger partial charge in [-0.3, -0.25) is 20.2 Å². The van der Waals surface area contributed by atoms with Crippen molar-refractivity contribution in [3.05, 3.63) is 100 Å². The van der Waals surface area contributed by atoms with Gasteiger partial charge in [-0.1, -0.05) is 60.7 Å². The van der Waals surface area contributed by atoms with Crippen molar-refractivity contribution >= 4 is 23.4 Å². The van der Waals surface area contributed by atoms with Crippen LogP contribution in [0.2, 0.25) is 0 Å². The standard InChI is InChI=1S/C27H19N3O7/c1-35-22-13-12-19(14-21(22)30(33)34)27(32)36-16-23(31)29-26-20(15-28)24(17-8-4-2-5-9-17)25(37-26)18-10-6-3-7-11-18/h2-14H,16H2,1H3,(H,29,31). The monoisotopic (exact) mass is 497 g/mol. The average molecular weight is 497 g/mol. The first-order valence-corrected chi connectivity index (χ1v) is 10.9. The van der Waals surface area contributed by atoms with Gasteiger partial charge in [0.1, 0.15) is 17.4 Å². The molecule has 1 heterocycles. The Labute approximate surface area is 210 Å². The second kappa shape index (κ2) is 10.9. The molecule has 4 rings (SSSR count). The zero-order chi connectivity index (χ0) is 26.4. The predicted molar refractivity (Wildman–Crippen MR) is 133 cm³/mol. The number of nitrogens with zero attached hydrogens (tertiary/aromatic N) is 2. The Balaban J connectivity index is 1.56.